The third-order valence-electron chi connectivity index (χ3n) is 3.38. The van der Waals surface area contributed by atoms with Gasteiger partial charge in [0.15, 0.2) is 5.65 Å². The van der Waals surface area contributed by atoms with E-state index < -0.39 is 30.0 Å². The van der Waals surface area contributed by atoms with E-state index in [1.165, 1.54) is 16.8 Å². The minimum Gasteiger partial charge on any atom is -0.477 e. The number of pyridine rings is 1. The summed E-state index contributed by atoms with van der Waals surface area (Å²) in [7, 11) is 0. The first-order valence-electron chi connectivity index (χ1n) is 6.83. The third-order valence-corrected chi connectivity index (χ3v) is 3.38. The second-order valence-electron chi connectivity index (χ2n) is 4.93. The molecule has 0 saturated heterocycles. The Kier molecular flexibility index (Phi) is 3.96. The van der Waals surface area contributed by atoms with Crippen molar-refractivity contribution < 1.29 is 19.4 Å². The first-order chi connectivity index (χ1) is 11.5. The fraction of sp³-hybridized carbons (Fsp3) is 0.143. The lowest BCUT2D eigenvalue weighted by atomic mass is 10.1. The standard InChI is InChI=1S/C14H12FN5O4/c15-7-3-8(13(22)16-4-7)10(6-21)18-11-1-2-20-12(19-11)9(5-17-20)14(23)24/h1-5,10,21H,6H2,(H,16,22)(H,18,19)(H,23,24). The van der Waals surface area contributed by atoms with Crippen molar-refractivity contribution in [2.24, 2.45) is 0 Å². The van der Waals surface area contributed by atoms with Crippen molar-refractivity contribution in [3.05, 3.63) is 58.0 Å². The molecule has 0 spiro atoms. The molecule has 1 unspecified atom stereocenters. The number of carboxylic acids is 1. The van der Waals surface area contributed by atoms with Gasteiger partial charge in [-0.3, -0.25) is 4.79 Å². The molecular formula is C14H12FN5O4. The maximum atomic E-state index is 13.3. The number of rotatable bonds is 5. The molecule has 0 amide bonds. The van der Waals surface area contributed by atoms with Crippen LogP contribution < -0.4 is 10.9 Å². The van der Waals surface area contributed by atoms with Crippen molar-refractivity contribution in [3.63, 3.8) is 0 Å². The summed E-state index contributed by atoms with van der Waals surface area (Å²) in [5.74, 6) is -1.64. The quantitative estimate of drug-likeness (QED) is 0.531. The molecule has 10 heteroatoms. The molecule has 0 fully saturated rings. The lowest BCUT2D eigenvalue weighted by molar-refractivity contribution is 0.0698. The van der Waals surface area contributed by atoms with Gasteiger partial charge in [-0.25, -0.2) is 18.7 Å². The first kappa shape index (κ1) is 15.6. The number of aromatic carboxylic acids is 1. The second-order valence-corrected chi connectivity index (χ2v) is 4.93. The molecule has 4 N–H and O–H groups in total. The van der Waals surface area contributed by atoms with Crippen LogP contribution in [0.4, 0.5) is 10.2 Å². The van der Waals surface area contributed by atoms with Gasteiger partial charge in [0.2, 0.25) is 0 Å². The highest BCUT2D eigenvalue weighted by Crippen LogP contribution is 2.17. The van der Waals surface area contributed by atoms with Gasteiger partial charge in [0, 0.05) is 18.0 Å². The molecule has 0 saturated carbocycles. The van der Waals surface area contributed by atoms with Crippen LogP contribution in [0.5, 0.6) is 0 Å². The van der Waals surface area contributed by atoms with Crippen LogP contribution in [0.3, 0.4) is 0 Å². The fourth-order valence-corrected chi connectivity index (χ4v) is 2.23. The predicted molar refractivity (Wildman–Crippen MR) is 80.4 cm³/mol. The molecule has 3 aromatic rings. The van der Waals surface area contributed by atoms with E-state index in [9.17, 15) is 19.1 Å². The Balaban J connectivity index is 1.98. The maximum Gasteiger partial charge on any atom is 0.341 e. The number of carboxylic acid groups (broad SMARTS) is 1. The van der Waals surface area contributed by atoms with Crippen molar-refractivity contribution >= 4 is 17.4 Å². The van der Waals surface area contributed by atoms with E-state index in [0.29, 0.717) is 0 Å². The Morgan fingerprint density at radius 1 is 1.50 bits per heavy atom. The lowest BCUT2D eigenvalue weighted by Crippen LogP contribution is -2.24. The number of aliphatic hydroxyl groups is 1. The molecule has 24 heavy (non-hydrogen) atoms. The number of carbonyl (C=O) groups is 1. The highest BCUT2D eigenvalue weighted by Gasteiger charge is 2.17. The van der Waals surface area contributed by atoms with Crippen LogP contribution in [-0.2, 0) is 0 Å². The molecule has 0 aliphatic heterocycles. The van der Waals surface area contributed by atoms with Gasteiger partial charge in [-0.05, 0) is 12.1 Å². The van der Waals surface area contributed by atoms with E-state index in [0.717, 1.165) is 18.5 Å². The van der Waals surface area contributed by atoms with Gasteiger partial charge in [-0.1, -0.05) is 0 Å². The smallest absolute Gasteiger partial charge is 0.341 e. The summed E-state index contributed by atoms with van der Waals surface area (Å²) < 4.78 is 14.6. The van der Waals surface area contributed by atoms with Crippen LogP contribution in [0.25, 0.3) is 5.65 Å². The number of nitrogens with zero attached hydrogens (tertiary/aromatic N) is 3. The Hall–Kier alpha value is -3.27. The van der Waals surface area contributed by atoms with E-state index >= 15 is 0 Å². The first-order valence-corrected chi connectivity index (χ1v) is 6.83. The average molecular weight is 333 g/mol. The van der Waals surface area contributed by atoms with Crippen molar-refractivity contribution in [2.75, 3.05) is 11.9 Å². The fourth-order valence-electron chi connectivity index (χ4n) is 2.23. The molecule has 0 bridgehead atoms. The van der Waals surface area contributed by atoms with E-state index in [2.05, 4.69) is 20.4 Å². The van der Waals surface area contributed by atoms with E-state index in [-0.39, 0.29) is 22.6 Å². The number of H-pyrrole nitrogens is 1. The van der Waals surface area contributed by atoms with E-state index in [1.807, 2.05) is 0 Å². The van der Waals surface area contributed by atoms with Gasteiger partial charge < -0.3 is 20.5 Å². The number of halogens is 1. The Morgan fingerprint density at radius 3 is 3.00 bits per heavy atom. The maximum absolute atomic E-state index is 13.3. The average Bonchev–Trinajstić information content (AvgIpc) is 2.98. The zero-order chi connectivity index (χ0) is 17.3. The molecule has 0 radical (unpaired) electrons. The second kappa shape index (κ2) is 6.08. The number of fused-ring (bicyclic) bond motifs is 1. The van der Waals surface area contributed by atoms with E-state index in [1.54, 1.807) is 0 Å². The van der Waals surface area contributed by atoms with Crippen LogP contribution >= 0.6 is 0 Å². The predicted octanol–water partition coefficient (Wildman–Crippen LogP) is 0.400. The van der Waals surface area contributed by atoms with Crippen LogP contribution in [-0.4, -0.2) is 42.4 Å². The van der Waals surface area contributed by atoms with Crippen LogP contribution in [0.15, 0.2) is 35.5 Å². The number of hydrogen-bond acceptors (Lipinski definition) is 6. The van der Waals surface area contributed by atoms with Crippen molar-refractivity contribution in [2.45, 2.75) is 6.04 Å². The Morgan fingerprint density at radius 2 is 2.29 bits per heavy atom. The van der Waals surface area contributed by atoms with Crippen molar-refractivity contribution in [3.8, 4) is 0 Å². The largest absolute Gasteiger partial charge is 0.477 e. The summed E-state index contributed by atoms with van der Waals surface area (Å²) in [6, 6.07) is 1.57. The van der Waals surface area contributed by atoms with Gasteiger partial charge in [0.05, 0.1) is 18.8 Å². The molecule has 124 valence electrons. The van der Waals surface area contributed by atoms with Gasteiger partial charge in [0.1, 0.15) is 17.2 Å². The molecule has 0 aromatic carbocycles. The van der Waals surface area contributed by atoms with Crippen LogP contribution in [0, 0.1) is 5.82 Å². The zero-order valence-corrected chi connectivity index (χ0v) is 12.1. The Labute approximate surface area is 133 Å². The molecule has 3 heterocycles. The monoisotopic (exact) mass is 333 g/mol. The van der Waals surface area contributed by atoms with Gasteiger partial charge in [0.25, 0.3) is 5.56 Å². The zero-order valence-electron chi connectivity index (χ0n) is 12.1. The molecular weight excluding hydrogens is 321 g/mol. The van der Waals surface area contributed by atoms with Gasteiger partial charge in [-0.2, -0.15) is 5.10 Å². The van der Waals surface area contributed by atoms with Crippen LogP contribution in [0.2, 0.25) is 0 Å². The van der Waals surface area contributed by atoms with Gasteiger partial charge in [-0.15, -0.1) is 0 Å². The highest BCUT2D eigenvalue weighted by atomic mass is 19.1. The molecule has 3 aromatic heterocycles. The highest BCUT2D eigenvalue weighted by molar-refractivity contribution is 5.94. The number of anilines is 1. The van der Waals surface area contributed by atoms with E-state index in [4.69, 9.17) is 5.11 Å². The normalized spacial score (nSPS) is 12.2. The Bertz CT molecular complexity index is 967. The summed E-state index contributed by atoms with van der Waals surface area (Å²) in [6.07, 6.45) is 3.55. The SMILES string of the molecule is O=C(O)c1cnn2ccc(NC(CO)c3cc(F)c[nH]c3=O)nc12. The number of aromatic amines is 1. The third kappa shape index (κ3) is 2.82. The molecule has 3 rings (SSSR count). The van der Waals surface area contributed by atoms with Crippen molar-refractivity contribution in [1.82, 2.24) is 19.6 Å². The molecule has 0 aliphatic carbocycles. The summed E-state index contributed by atoms with van der Waals surface area (Å²) in [4.78, 5) is 29.3. The molecule has 1 atom stereocenters. The minimum atomic E-state index is -1.19. The topological polar surface area (TPSA) is 133 Å². The summed E-state index contributed by atoms with van der Waals surface area (Å²) >= 11 is 0. The van der Waals surface area contributed by atoms with Crippen molar-refractivity contribution in [1.29, 1.82) is 0 Å². The number of hydrogen-bond donors (Lipinski definition) is 4. The van der Waals surface area contributed by atoms with Crippen LogP contribution in [0.1, 0.15) is 22.0 Å². The lowest BCUT2D eigenvalue weighted by Gasteiger charge is -2.16. The summed E-state index contributed by atoms with van der Waals surface area (Å²) in [5, 5.41) is 25.2. The summed E-state index contributed by atoms with van der Waals surface area (Å²) in [6.45, 7) is -0.496. The summed E-state index contributed by atoms with van der Waals surface area (Å²) in [5.41, 5.74) is -0.564. The molecule has 0 aliphatic rings. The van der Waals surface area contributed by atoms with Gasteiger partial charge >= 0.3 is 5.97 Å². The number of nitrogens with one attached hydrogen (secondary N) is 2. The molecule has 9 nitrogen and oxygen atoms in total. The number of aliphatic hydroxyl groups excluding tert-OH is 1. The minimum absolute atomic E-state index is 0.00820. The number of aromatic nitrogens is 4.